The topological polar surface area (TPSA) is 60.2 Å². The molecule has 0 spiro atoms. The molecule has 0 unspecified atom stereocenters. The zero-order chi connectivity index (χ0) is 15.8. The van der Waals surface area contributed by atoms with Crippen molar-refractivity contribution in [2.75, 3.05) is 19.6 Å². The number of carbonyl (C=O) groups excluding carboxylic acids is 1. The normalized spacial score (nSPS) is 10.6. The van der Waals surface area contributed by atoms with Gasteiger partial charge >= 0.3 is 5.97 Å². The molecule has 0 bridgehead atoms. The van der Waals surface area contributed by atoms with Gasteiger partial charge in [-0.2, -0.15) is 10.2 Å². The minimum atomic E-state index is -0.379. The van der Waals surface area contributed by atoms with E-state index in [1.165, 1.54) is 7.11 Å². The van der Waals surface area contributed by atoms with Gasteiger partial charge in [0.1, 0.15) is 12.4 Å². The van der Waals surface area contributed by atoms with Gasteiger partial charge in [-0.05, 0) is 48.5 Å². The number of hydrogen-bond acceptors (Lipinski definition) is 5. The number of halogens is 1. The Hall–Kier alpha value is -2.40. The Morgan fingerprint density at radius 2 is 1.55 bits per heavy atom. The van der Waals surface area contributed by atoms with Crippen LogP contribution in [0, 0.1) is 0 Å². The zero-order valence-corrected chi connectivity index (χ0v) is 12.8. The van der Waals surface area contributed by atoms with E-state index < -0.39 is 0 Å². The number of nitrogens with zero attached hydrogens (tertiary/aromatic N) is 2. The molecule has 0 saturated carbocycles. The summed E-state index contributed by atoms with van der Waals surface area (Å²) in [6.45, 7) is 0.467. The Balaban J connectivity index is 2.00. The molecule has 0 amide bonds. The summed E-state index contributed by atoms with van der Waals surface area (Å²) in [4.78, 5) is 11.3. The van der Waals surface area contributed by atoms with E-state index in [2.05, 4.69) is 15.0 Å². The lowest BCUT2D eigenvalue weighted by molar-refractivity contribution is 0.0601. The van der Waals surface area contributed by atoms with E-state index in [-0.39, 0.29) is 5.97 Å². The maximum atomic E-state index is 11.3. The molecule has 5 nitrogen and oxygen atoms in total. The molecule has 22 heavy (non-hydrogen) atoms. The Morgan fingerprint density at radius 1 is 1.00 bits per heavy atom. The van der Waals surface area contributed by atoms with Gasteiger partial charge in [-0.3, -0.25) is 0 Å². The Morgan fingerprint density at radius 3 is 2.05 bits per heavy atom. The molecule has 0 saturated heterocycles. The molecule has 0 aliphatic rings. The van der Waals surface area contributed by atoms with Crippen molar-refractivity contribution >= 4 is 28.9 Å². The van der Waals surface area contributed by atoms with Gasteiger partial charge in [0.25, 0.3) is 0 Å². The molecule has 0 N–H and O–H groups in total. The third-order valence-corrected chi connectivity index (χ3v) is 2.91. The molecular formula is C16H15ClN2O3. The van der Waals surface area contributed by atoms with Crippen molar-refractivity contribution in [2.24, 2.45) is 10.2 Å². The highest BCUT2D eigenvalue weighted by atomic mass is 35.5. The molecule has 0 radical (unpaired) electrons. The van der Waals surface area contributed by atoms with Crippen molar-refractivity contribution in [2.45, 2.75) is 0 Å². The maximum Gasteiger partial charge on any atom is 0.337 e. The molecule has 2 aromatic carbocycles. The van der Waals surface area contributed by atoms with Crippen molar-refractivity contribution in [3.05, 3.63) is 54.1 Å². The van der Waals surface area contributed by atoms with Crippen molar-refractivity contribution in [3.63, 3.8) is 0 Å². The molecule has 0 aromatic heterocycles. The third kappa shape index (κ3) is 4.56. The first-order valence-electron chi connectivity index (χ1n) is 6.62. The number of azo groups is 1. The van der Waals surface area contributed by atoms with Gasteiger partial charge in [-0.25, -0.2) is 4.79 Å². The number of benzene rings is 2. The molecular weight excluding hydrogens is 304 g/mol. The minimum absolute atomic E-state index is 0.379. The van der Waals surface area contributed by atoms with E-state index >= 15 is 0 Å². The Bertz CT molecular complexity index is 639. The predicted octanol–water partition coefficient (Wildman–Crippen LogP) is 4.51. The fourth-order valence-corrected chi connectivity index (χ4v) is 1.74. The molecule has 6 heteroatoms. The van der Waals surface area contributed by atoms with Crippen molar-refractivity contribution in [3.8, 4) is 5.75 Å². The molecule has 0 atom stereocenters. The van der Waals surface area contributed by atoms with E-state index in [0.717, 1.165) is 5.75 Å². The van der Waals surface area contributed by atoms with Gasteiger partial charge in [-0.1, -0.05) is 0 Å². The lowest BCUT2D eigenvalue weighted by atomic mass is 10.2. The average molecular weight is 319 g/mol. The maximum absolute atomic E-state index is 11.3. The van der Waals surface area contributed by atoms with Crippen LogP contribution in [0.15, 0.2) is 58.8 Å². The van der Waals surface area contributed by atoms with Crippen LogP contribution in [0.3, 0.4) is 0 Å². The van der Waals surface area contributed by atoms with E-state index in [1.807, 2.05) is 0 Å². The minimum Gasteiger partial charge on any atom is -0.492 e. The Kier molecular flexibility index (Phi) is 5.91. The average Bonchev–Trinajstić information content (AvgIpc) is 2.58. The van der Waals surface area contributed by atoms with Gasteiger partial charge < -0.3 is 9.47 Å². The number of rotatable bonds is 6. The molecule has 114 valence electrons. The van der Waals surface area contributed by atoms with Crippen LogP contribution in [0.25, 0.3) is 0 Å². The second kappa shape index (κ2) is 8.14. The van der Waals surface area contributed by atoms with E-state index in [0.29, 0.717) is 29.4 Å². The number of esters is 1. The Labute approximate surface area is 133 Å². The van der Waals surface area contributed by atoms with Gasteiger partial charge in [0.15, 0.2) is 0 Å². The van der Waals surface area contributed by atoms with Gasteiger partial charge in [0, 0.05) is 0 Å². The smallest absolute Gasteiger partial charge is 0.337 e. The molecule has 0 heterocycles. The quantitative estimate of drug-likeness (QED) is 0.447. The first kappa shape index (κ1) is 16.0. The number of carbonyl (C=O) groups is 1. The summed E-state index contributed by atoms with van der Waals surface area (Å²) in [5, 5.41) is 8.23. The van der Waals surface area contributed by atoms with Crippen molar-refractivity contribution < 1.29 is 14.3 Å². The summed E-state index contributed by atoms with van der Waals surface area (Å²) in [5.41, 5.74) is 1.83. The fourth-order valence-electron chi connectivity index (χ4n) is 1.66. The largest absolute Gasteiger partial charge is 0.492 e. The first-order chi connectivity index (χ1) is 10.7. The third-order valence-electron chi connectivity index (χ3n) is 2.75. The van der Waals surface area contributed by atoms with Gasteiger partial charge in [0.05, 0.1) is 29.9 Å². The number of alkyl halides is 1. The highest BCUT2D eigenvalue weighted by Crippen LogP contribution is 2.21. The summed E-state index contributed by atoms with van der Waals surface area (Å²) in [6.07, 6.45) is 0. The van der Waals surface area contributed by atoms with Crippen LogP contribution in [0.1, 0.15) is 10.4 Å². The molecule has 0 aliphatic heterocycles. The number of ether oxygens (including phenoxy) is 2. The summed E-state index contributed by atoms with van der Waals surface area (Å²) >= 11 is 5.55. The SMILES string of the molecule is COC(=O)c1ccc(N=Nc2ccc(OCCCl)cc2)cc1. The lowest BCUT2D eigenvalue weighted by Gasteiger charge is -2.03. The number of hydrogen-bond donors (Lipinski definition) is 0. The second-order valence-corrected chi connectivity index (χ2v) is 4.65. The summed E-state index contributed by atoms with van der Waals surface area (Å²) < 4.78 is 10.0. The predicted molar refractivity (Wildman–Crippen MR) is 84.6 cm³/mol. The van der Waals surface area contributed by atoms with Crippen molar-refractivity contribution in [1.82, 2.24) is 0 Å². The van der Waals surface area contributed by atoms with Crippen LogP contribution >= 0.6 is 11.6 Å². The van der Waals surface area contributed by atoms with Crippen LogP contribution in [0.5, 0.6) is 5.75 Å². The van der Waals surface area contributed by atoms with E-state index in [1.54, 1.807) is 48.5 Å². The molecule has 2 aromatic rings. The van der Waals surface area contributed by atoms with Crippen LogP contribution in [-0.4, -0.2) is 25.6 Å². The lowest BCUT2D eigenvalue weighted by Crippen LogP contribution is -1.99. The van der Waals surface area contributed by atoms with Crippen LogP contribution < -0.4 is 4.74 Å². The summed E-state index contributed by atoms with van der Waals surface area (Å²) in [6, 6.07) is 13.9. The highest BCUT2D eigenvalue weighted by molar-refractivity contribution is 6.18. The van der Waals surface area contributed by atoms with Gasteiger partial charge in [-0.15, -0.1) is 11.6 Å². The van der Waals surface area contributed by atoms with E-state index in [4.69, 9.17) is 16.3 Å². The van der Waals surface area contributed by atoms with Crippen LogP contribution in [0.2, 0.25) is 0 Å². The monoisotopic (exact) mass is 318 g/mol. The van der Waals surface area contributed by atoms with Crippen molar-refractivity contribution in [1.29, 1.82) is 0 Å². The zero-order valence-electron chi connectivity index (χ0n) is 12.0. The fraction of sp³-hybridized carbons (Fsp3) is 0.188. The molecule has 2 rings (SSSR count). The molecule has 0 aliphatic carbocycles. The van der Waals surface area contributed by atoms with Gasteiger partial charge in [0.2, 0.25) is 0 Å². The van der Waals surface area contributed by atoms with Crippen LogP contribution in [-0.2, 0) is 4.74 Å². The number of methoxy groups -OCH3 is 1. The van der Waals surface area contributed by atoms with Crippen LogP contribution in [0.4, 0.5) is 11.4 Å². The van der Waals surface area contributed by atoms with E-state index in [9.17, 15) is 4.79 Å². The standard InChI is InChI=1S/C16H15ClN2O3/c1-21-16(20)12-2-4-13(5-3-12)18-19-14-6-8-15(9-7-14)22-11-10-17/h2-9H,10-11H2,1H3. The summed E-state index contributed by atoms with van der Waals surface area (Å²) in [7, 11) is 1.34. The first-order valence-corrected chi connectivity index (χ1v) is 7.15. The highest BCUT2D eigenvalue weighted by Gasteiger charge is 2.03. The summed E-state index contributed by atoms with van der Waals surface area (Å²) in [5.74, 6) is 0.807. The second-order valence-electron chi connectivity index (χ2n) is 4.27. The molecule has 0 fully saturated rings.